The van der Waals surface area contributed by atoms with Crippen LogP contribution in [-0.4, -0.2) is 34.9 Å². The fourth-order valence-electron chi connectivity index (χ4n) is 2.05. The third-order valence-electron chi connectivity index (χ3n) is 2.93. The number of rotatable bonds is 1. The van der Waals surface area contributed by atoms with Gasteiger partial charge in [0.1, 0.15) is 0 Å². The van der Waals surface area contributed by atoms with Crippen LogP contribution >= 0.6 is 12.4 Å². The first-order valence-electron chi connectivity index (χ1n) is 5.37. The van der Waals surface area contributed by atoms with Crippen molar-refractivity contribution in [1.29, 1.82) is 0 Å². The lowest BCUT2D eigenvalue weighted by molar-refractivity contribution is 0.0708. The fourth-order valence-corrected chi connectivity index (χ4v) is 2.05. The van der Waals surface area contributed by atoms with Gasteiger partial charge in [-0.3, -0.25) is 4.79 Å². The van der Waals surface area contributed by atoms with Crippen LogP contribution in [0.25, 0.3) is 0 Å². The van der Waals surface area contributed by atoms with Gasteiger partial charge < -0.3 is 15.6 Å². The standard InChI is InChI=1S/C11H17N3O.ClH/c1-8-10(4-5-13-8)11(15)14-6-2-3-9(12)7-14;/h4-5,9,13H,2-3,6-7,12H2,1H3;1H. The van der Waals surface area contributed by atoms with E-state index in [1.54, 1.807) is 6.20 Å². The van der Waals surface area contributed by atoms with E-state index in [1.165, 1.54) is 0 Å². The first kappa shape index (κ1) is 13.1. The number of hydrogen-bond donors (Lipinski definition) is 2. The molecule has 1 fully saturated rings. The number of nitrogens with two attached hydrogens (primary N) is 1. The fraction of sp³-hybridized carbons (Fsp3) is 0.545. The van der Waals surface area contributed by atoms with Crippen molar-refractivity contribution < 1.29 is 4.79 Å². The average Bonchev–Trinajstić information content (AvgIpc) is 2.63. The Balaban J connectivity index is 0.00000128. The van der Waals surface area contributed by atoms with Crippen molar-refractivity contribution in [2.45, 2.75) is 25.8 Å². The molecule has 0 radical (unpaired) electrons. The third-order valence-corrected chi connectivity index (χ3v) is 2.93. The molecule has 1 aromatic heterocycles. The van der Waals surface area contributed by atoms with E-state index in [9.17, 15) is 4.79 Å². The molecule has 5 heteroatoms. The lowest BCUT2D eigenvalue weighted by atomic mass is 10.1. The molecule has 0 saturated carbocycles. The summed E-state index contributed by atoms with van der Waals surface area (Å²) in [6.07, 6.45) is 3.83. The summed E-state index contributed by atoms with van der Waals surface area (Å²) in [6.45, 7) is 3.43. The zero-order valence-corrected chi connectivity index (χ0v) is 10.2. The monoisotopic (exact) mass is 243 g/mol. The van der Waals surface area contributed by atoms with Gasteiger partial charge in [0.2, 0.25) is 0 Å². The summed E-state index contributed by atoms with van der Waals surface area (Å²) < 4.78 is 0. The maximum atomic E-state index is 12.1. The molecule has 3 N–H and O–H groups in total. The Labute approximate surface area is 102 Å². The van der Waals surface area contributed by atoms with Gasteiger partial charge in [0.15, 0.2) is 0 Å². The number of carbonyl (C=O) groups excluding carboxylic acids is 1. The van der Waals surface area contributed by atoms with E-state index < -0.39 is 0 Å². The molecule has 1 amide bonds. The van der Waals surface area contributed by atoms with Crippen LogP contribution in [0, 0.1) is 6.92 Å². The Bertz CT molecular complexity index is 364. The summed E-state index contributed by atoms with van der Waals surface area (Å²) >= 11 is 0. The van der Waals surface area contributed by atoms with Crippen molar-refractivity contribution in [2.75, 3.05) is 13.1 Å². The highest BCUT2D eigenvalue weighted by Gasteiger charge is 2.23. The van der Waals surface area contributed by atoms with Crippen LogP contribution < -0.4 is 5.73 Å². The highest BCUT2D eigenvalue weighted by Crippen LogP contribution is 2.14. The van der Waals surface area contributed by atoms with Crippen LogP contribution in [0.15, 0.2) is 12.3 Å². The lowest BCUT2D eigenvalue weighted by Gasteiger charge is -2.30. The zero-order valence-electron chi connectivity index (χ0n) is 9.40. The van der Waals surface area contributed by atoms with Gasteiger partial charge in [0, 0.05) is 31.0 Å². The summed E-state index contributed by atoms with van der Waals surface area (Å²) in [5.41, 5.74) is 7.55. The number of nitrogens with zero attached hydrogens (tertiary/aromatic N) is 1. The van der Waals surface area contributed by atoms with Crippen LogP contribution in [0.2, 0.25) is 0 Å². The van der Waals surface area contributed by atoms with Crippen LogP contribution in [0.5, 0.6) is 0 Å². The molecular weight excluding hydrogens is 226 g/mol. The van der Waals surface area contributed by atoms with Gasteiger partial charge in [0.25, 0.3) is 5.91 Å². The van der Waals surface area contributed by atoms with Crippen LogP contribution in [-0.2, 0) is 0 Å². The molecule has 1 aromatic rings. The molecule has 0 spiro atoms. The minimum absolute atomic E-state index is 0. The number of carbonyl (C=O) groups is 1. The van der Waals surface area contributed by atoms with Crippen LogP contribution in [0.1, 0.15) is 28.9 Å². The van der Waals surface area contributed by atoms with E-state index >= 15 is 0 Å². The van der Waals surface area contributed by atoms with Crippen molar-refractivity contribution in [3.05, 3.63) is 23.5 Å². The highest BCUT2D eigenvalue weighted by atomic mass is 35.5. The van der Waals surface area contributed by atoms with Crippen molar-refractivity contribution in [3.63, 3.8) is 0 Å². The molecule has 0 bridgehead atoms. The number of amides is 1. The maximum Gasteiger partial charge on any atom is 0.255 e. The first-order valence-corrected chi connectivity index (χ1v) is 5.37. The molecule has 1 unspecified atom stereocenters. The molecule has 1 aliphatic rings. The van der Waals surface area contributed by atoms with Crippen LogP contribution in [0.3, 0.4) is 0 Å². The quantitative estimate of drug-likeness (QED) is 0.781. The number of aromatic nitrogens is 1. The molecule has 2 heterocycles. The summed E-state index contributed by atoms with van der Waals surface area (Å²) in [4.78, 5) is 17.0. The van der Waals surface area contributed by atoms with Gasteiger partial charge in [0.05, 0.1) is 5.56 Å². The second-order valence-electron chi connectivity index (χ2n) is 4.17. The molecule has 1 atom stereocenters. The normalized spacial score (nSPS) is 20.4. The summed E-state index contributed by atoms with van der Waals surface area (Å²) in [5, 5.41) is 0. The van der Waals surface area contributed by atoms with Gasteiger partial charge in [-0.25, -0.2) is 0 Å². The van der Waals surface area contributed by atoms with Gasteiger partial charge in [-0.1, -0.05) is 0 Å². The van der Waals surface area contributed by atoms with E-state index in [4.69, 9.17) is 5.73 Å². The molecule has 2 rings (SSSR count). The molecule has 0 aromatic carbocycles. The number of hydrogen-bond acceptors (Lipinski definition) is 2. The number of aryl methyl sites for hydroxylation is 1. The number of piperidine rings is 1. The minimum Gasteiger partial charge on any atom is -0.365 e. The van der Waals surface area contributed by atoms with E-state index in [-0.39, 0.29) is 24.4 Å². The van der Waals surface area contributed by atoms with Crippen molar-refractivity contribution in [1.82, 2.24) is 9.88 Å². The van der Waals surface area contributed by atoms with E-state index in [1.807, 2.05) is 17.9 Å². The second-order valence-corrected chi connectivity index (χ2v) is 4.17. The van der Waals surface area contributed by atoms with Gasteiger partial charge in [-0.05, 0) is 25.8 Å². The predicted octanol–water partition coefficient (Wildman–Crippen LogP) is 1.31. The summed E-state index contributed by atoms with van der Waals surface area (Å²) in [6, 6.07) is 1.97. The predicted molar refractivity (Wildman–Crippen MR) is 65.9 cm³/mol. The van der Waals surface area contributed by atoms with Gasteiger partial charge >= 0.3 is 0 Å². The van der Waals surface area contributed by atoms with E-state index in [0.29, 0.717) is 6.54 Å². The molecule has 1 saturated heterocycles. The van der Waals surface area contributed by atoms with Crippen molar-refractivity contribution in [3.8, 4) is 0 Å². The molecule has 0 aliphatic carbocycles. The smallest absolute Gasteiger partial charge is 0.255 e. The Kier molecular flexibility index (Phi) is 4.38. The largest absolute Gasteiger partial charge is 0.365 e. The second kappa shape index (κ2) is 5.37. The third kappa shape index (κ3) is 2.57. The highest BCUT2D eigenvalue weighted by molar-refractivity contribution is 5.95. The van der Waals surface area contributed by atoms with E-state index in [2.05, 4.69) is 4.98 Å². The van der Waals surface area contributed by atoms with E-state index in [0.717, 1.165) is 30.6 Å². The molecular formula is C11H18ClN3O. The minimum atomic E-state index is 0. The molecule has 90 valence electrons. The molecule has 4 nitrogen and oxygen atoms in total. The zero-order chi connectivity index (χ0) is 10.8. The maximum absolute atomic E-state index is 12.1. The van der Waals surface area contributed by atoms with Crippen molar-refractivity contribution in [2.24, 2.45) is 5.73 Å². The molecule has 1 aliphatic heterocycles. The lowest BCUT2D eigenvalue weighted by Crippen LogP contribution is -2.45. The van der Waals surface area contributed by atoms with Gasteiger partial charge in [-0.2, -0.15) is 0 Å². The van der Waals surface area contributed by atoms with Crippen LogP contribution in [0.4, 0.5) is 0 Å². The summed E-state index contributed by atoms with van der Waals surface area (Å²) in [5.74, 6) is 0.101. The topological polar surface area (TPSA) is 62.1 Å². The van der Waals surface area contributed by atoms with Gasteiger partial charge in [-0.15, -0.1) is 12.4 Å². The number of likely N-dealkylation sites (tertiary alicyclic amines) is 1. The Morgan fingerprint density at radius 2 is 2.38 bits per heavy atom. The average molecular weight is 244 g/mol. The Hall–Kier alpha value is -1.00. The number of halogens is 1. The molecule has 16 heavy (non-hydrogen) atoms. The Morgan fingerprint density at radius 1 is 1.62 bits per heavy atom. The number of nitrogens with one attached hydrogen (secondary N) is 1. The number of aromatic amines is 1. The number of H-pyrrole nitrogens is 1. The summed E-state index contributed by atoms with van der Waals surface area (Å²) in [7, 11) is 0. The Morgan fingerprint density at radius 3 is 2.94 bits per heavy atom. The SMILES string of the molecule is Cc1[nH]ccc1C(=O)N1CCCC(N)C1.Cl. The first-order chi connectivity index (χ1) is 7.18. The van der Waals surface area contributed by atoms with Crippen molar-refractivity contribution >= 4 is 18.3 Å².